The topological polar surface area (TPSA) is 117 Å². The summed E-state index contributed by atoms with van der Waals surface area (Å²) in [7, 11) is 0. The molecule has 2 aromatic carbocycles. The quantitative estimate of drug-likeness (QED) is 0.423. The van der Waals surface area contributed by atoms with Crippen LogP contribution in [0.25, 0.3) is 0 Å². The van der Waals surface area contributed by atoms with Gasteiger partial charge in [-0.3, -0.25) is 14.9 Å². The maximum atomic E-state index is 11.8. The van der Waals surface area contributed by atoms with Crippen LogP contribution in [0, 0.1) is 24.0 Å². The maximum Gasteiger partial charge on any atom is 0.311 e. The van der Waals surface area contributed by atoms with Crippen LogP contribution in [0.1, 0.15) is 16.7 Å². The van der Waals surface area contributed by atoms with E-state index in [4.69, 9.17) is 0 Å². The molecule has 25 heavy (non-hydrogen) atoms. The first kappa shape index (κ1) is 17.9. The normalized spacial score (nSPS) is 10.6. The van der Waals surface area contributed by atoms with Crippen LogP contribution in [-0.4, -0.2) is 28.7 Å². The van der Waals surface area contributed by atoms with Gasteiger partial charge in [-0.05, 0) is 43.2 Å². The Bertz CT molecular complexity index is 833. The number of anilines is 1. The number of nitrogens with one attached hydrogen (secondary N) is 2. The van der Waals surface area contributed by atoms with Crippen LogP contribution in [0.2, 0.25) is 0 Å². The standard InChI is InChI=1S/C17H18N4O4/c1-11-6-7-14(8-12(11)2)18-10-16(22)20-19-9-13-4-3-5-15(17(13)23)21(24)25/h3-9,18,23H,10H2,1-2H3,(H,20,22)/b19-9-. The number of phenolic OH excluding ortho intramolecular Hbond substituents is 1. The zero-order valence-electron chi connectivity index (χ0n) is 13.8. The third kappa shape index (κ3) is 4.77. The third-order valence-corrected chi connectivity index (χ3v) is 3.60. The number of aromatic hydroxyl groups is 1. The molecular weight excluding hydrogens is 324 g/mol. The van der Waals surface area contributed by atoms with E-state index >= 15 is 0 Å². The molecule has 130 valence electrons. The Morgan fingerprint density at radius 2 is 2.04 bits per heavy atom. The molecule has 0 saturated carbocycles. The average Bonchev–Trinajstić information content (AvgIpc) is 2.57. The van der Waals surface area contributed by atoms with Crippen molar-refractivity contribution in [1.82, 2.24) is 5.43 Å². The van der Waals surface area contributed by atoms with Crippen LogP contribution in [-0.2, 0) is 4.79 Å². The Morgan fingerprint density at radius 1 is 1.28 bits per heavy atom. The second-order valence-electron chi connectivity index (χ2n) is 5.42. The van der Waals surface area contributed by atoms with E-state index in [9.17, 15) is 20.0 Å². The predicted molar refractivity (Wildman–Crippen MR) is 94.9 cm³/mol. The minimum atomic E-state index is -0.696. The van der Waals surface area contributed by atoms with Gasteiger partial charge in [0.2, 0.25) is 5.75 Å². The zero-order valence-corrected chi connectivity index (χ0v) is 13.8. The molecule has 2 rings (SSSR count). The van der Waals surface area contributed by atoms with Gasteiger partial charge in [-0.25, -0.2) is 5.43 Å². The molecule has 0 aliphatic carbocycles. The molecule has 1 amide bonds. The molecule has 8 heteroatoms. The van der Waals surface area contributed by atoms with Crippen molar-refractivity contribution in [2.45, 2.75) is 13.8 Å². The first-order valence-corrected chi connectivity index (χ1v) is 7.48. The largest absolute Gasteiger partial charge is 0.502 e. The summed E-state index contributed by atoms with van der Waals surface area (Å²) in [5, 5.41) is 27.2. The Balaban J connectivity index is 1.91. The van der Waals surface area contributed by atoms with Gasteiger partial charge in [-0.1, -0.05) is 12.1 Å². The van der Waals surface area contributed by atoms with Crippen LogP contribution in [0.5, 0.6) is 5.75 Å². The summed E-state index contributed by atoms with van der Waals surface area (Å²) in [6.45, 7) is 4.00. The fourth-order valence-electron chi connectivity index (χ4n) is 2.05. The van der Waals surface area contributed by atoms with Crippen LogP contribution in [0.4, 0.5) is 11.4 Å². The summed E-state index contributed by atoms with van der Waals surface area (Å²) >= 11 is 0. The number of carbonyl (C=O) groups excluding carboxylic acids is 1. The van der Waals surface area contributed by atoms with Gasteiger partial charge in [0.05, 0.1) is 17.7 Å². The van der Waals surface area contributed by atoms with Gasteiger partial charge < -0.3 is 10.4 Å². The molecule has 0 heterocycles. The van der Waals surface area contributed by atoms with Crippen molar-refractivity contribution in [2.24, 2.45) is 5.10 Å². The number of phenols is 1. The van der Waals surface area contributed by atoms with E-state index in [1.165, 1.54) is 18.2 Å². The number of hydrogen-bond donors (Lipinski definition) is 3. The summed E-state index contributed by atoms with van der Waals surface area (Å²) in [6, 6.07) is 9.82. The highest BCUT2D eigenvalue weighted by atomic mass is 16.6. The number of hydrogen-bond acceptors (Lipinski definition) is 6. The molecule has 0 saturated heterocycles. The van der Waals surface area contributed by atoms with Gasteiger partial charge in [-0.2, -0.15) is 5.10 Å². The van der Waals surface area contributed by atoms with Crippen LogP contribution < -0.4 is 10.7 Å². The maximum absolute atomic E-state index is 11.8. The number of benzene rings is 2. The number of aryl methyl sites for hydroxylation is 2. The lowest BCUT2D eigenvalue weighted by atomic mass is 10.1. The molecule has 0 fully saturated rings. The zero-order chi connectivity index (χ0) is 18.4. The van der Waals surface area contributed by atoms with Gasteiger partial charge in [0, 0.05) is 17.3 Å². The van der Waals surface area contributed by atoms with E-state index < -0.39 is 16.4 Å². The van der Waals surface area contributed by atoms with Crippen LogP contribution in [0.3, 0.4) is 0 Å². The first-order chi connectivity index (χ1) is 11.9. The molecule has 0 atom stereocenters. The Labute approximate surface area is 144 Å². The van der Waals surface area contributed by atoms with E-state index in [2.05, 4.69) is 15.8 Å². The highest BCUT2D eigenvalue weighted by Crippen LogP contribution is 2.27. The van der Waals surface area contributed by atoms with Gasteiger partial charge in [0.25, 0.3) is 5.91 Å². The SMILES string of the molecule is Cc1ccc(NCC(=O)N/N=C\c2cccc([N+](=O)[O-])c2O)cc1C. The number of amides is 1. The number of nitro groups is 1. The van der Waals surface area contributed by atoms with Crippen molar-refractivity contribution in [2.75, 3.05) is 11.9 Å². The molecule has 3 N–H and O–H groups in total. The van der Waals surface area contributed by atoms with E-state index in [1.807, 2.05) is 32.0 Å². The van der Waals surface area contributed by atoms with Gasteiger partial charge in [-0.15, -0.1) is 0 Å². The monoisotopic (exact) mass is 342 g/mol. The van der Waals surface area contributed by atoms with Crippen LogP contribution >= 0.6 is 0 Å². The fraction of sp³-hybridized carbons (Fsp3) is 0.176. The van der Waals surface area contributed by atoms with Crippen molar-refractivity contribution in [3.63, 3.8) is 0 Å². The van der Waals surface area contributed by atoms with Crippen molar-refractivity contribution >= 4 is 23.5 Å². The summed E-state index contributed by atoms with van der Waals surface area (Å²) in [5.41, 5.74) is 5.10. The second-order valence-corrected chi connectivity index (χ2v) is 5.42. The first-order valence-electron chi connectivity index (χ1n) is 7.48. The summed E-state index contributed by atoms with van der Waals surface area (Å²) in [4.78, 5) is 21.8. The molecule has 0 radical (unpaired) electrons. The predicted octanol–water partition coefficient (Wildman–Crippen LogP) is 2.48. The van der Waals surface area contributed by atoms with Crippen molar-refractivity contribution < 1.29 is 14.8 Å². The van der Waals surface area contributed by atoms with E-state index in [0.717, 1.165) is 23.0 Å². The van der Waals surface area contributed by atoms with E-state index in [1.54, 1.807) is 0 Å². The number of nitrogens with zero attached hydrogens (tertiary/aromatic N) is 2. The molecule has 2 aromatic rings. The lowest BCUT2D eigenvalue weighted by Gasteiger charge is -2.07. The highest BCUT2D eigenvalue weighted by molar-refractivity contribution is 5.87. The summed E-state index contributed by atoms with van der Waals surface area (Å²) in [5.74, 6) is -0.891. The Hall–Kier alpha value is -3.42. The molecule has 0 aliphatic rings. The molecular formula is C17H18N4O4. The molecule has 0 aliphatic heterocycles. The third-order valence-electron chi connectivity index (χ3n) is 3.60. The fourth-order valence-corrected chi connectivity index (χ4v) is 2.05. The second kappa shape index (κ2) is 7.91. The number of hydrazone groups is 1. The lowest BCUT2D eigenvalue weighted by molar-refractivity contribution is -0.385. The molecule has 0 bridgehead atoms. The molecule has 0 spiro atoms. The van der Waals surface area contributed by atoms with E-state index in [-0.39, 0.29) is 18.0 Å². The van der Waals surface area contributed by atoms with Gasteiger partial charge >= 0.3 is 5.69 Å². The minimum absolute atomic E-state index is 0.0146. The molecule has 8 nitrogen and oxygen atoms in total. The van der Waals surface area contributed by atoms with Crippen LogP contribution in [0.15, 0.2) is 41.5 Å². The lowest BCUT2D eigenvalue weighted by Crippen LogP contribution is -2.25. The Morgan fingerprint density at radius 3 is 2.72 bits per heavy atom. The van der Waals surface area contributed by atoms with Crippen molar-refractivity contribution in [3.8, 4) is 5.75 Å². The van der Waals surface area contributed by atoms with E-state index in [0.29, 0.717) is 0 Å². The summed E-state index contributed by atoms with van der Waals surface area (Å²) < 4.78 is 0. The minimum Gasteiger partial charge on any atom is -0.502 e. The smallest absolute Gasteiger partial charge is 0.311 e. The van der Waals surface area contributed by atoms with Crippen molar-refractivity contribution in [1.29, 1.82) is 0 Å². The number of nitro benzene ring substituents is 1. The average molecular weight is 342 g/mol. The molecule has 0 unspecified atom stereocenters. The highest BCUT2D eigenvalue weighted by Gasteiger charge is 2.15. The number of carbonyl (C=O) groups is 1. The van der Waals surface area contributed by atoms with Gasteiger partial charge in [0.15, 0.2) is 0 Å². The number of rotatable bonds is 6. The van der Waals surface area contributed by atoms with Gasteiger partial charge in [0.1, 0.15) is 0 Å². The number of para-hydroxylation sites is 1. The summed E-state index contributed by atoms with van der Waals surface area (Å²) in [6.07, 6.45) is 1.15. The molecule has 0 aromatic heterocycles. The Kier molecular flexibility index (Phi) is 5.67. The van der Waals surface area contributed by atoms with Crippen molar-refractivity contribution in [3.05, 3.63) is 63.2 Å².